The van der Waals surface area contributed by atoms with Gasteiger partial charge in [0.2, 0.25) is 0 Å². The summed E-state index contributed by atoms with van der Waals surface area (Å²) >= 11 is 2.14. The average Bonchev–Trinajstić information content (AvgIpc) is 2.74. The molecule has 3 aromatic carbocycles. The number of esters is 1. The second-order valence-corrected chi connectivity index (χ2v) is 7.98. The molecule has 0 aromatic heterocycles. The molecule has 1 atom stereocenters. The third kappa shape index (κ3) is 5.38. The van der Waals surface area contributed by atoms with Crippen LogP contribution in [0.3, 0.4) is 0 Å². The van der Waals surface area contributed by atoms with Crippen LogP contribution in [0.25, 0.3) is 11.1 Å². The number of benzene rings is 3. The predicted octanol–water partition coefficient (Wildman–Crippen LogP) is 4.96. The molecule has 30 heavy (non-hydrogen) atoms. The number of amides is 1. The summed E-state index contributed by atoms with van der Waals surface area (Å²) in [6, 6.07) is 22.1. The lowest BCUT2D eigenvalue weighted by atomic mass is 9.96. The first-order valence-corrected chi connectivity index (χ1v) is 10.7. The van der Waals surface area contributed by atoms with Gasteiger partial charge in [0.15, 0.2) is 0 Å². The van der Waals surface area contributed by atoms with E-state index < -0.39 is 6.04 Å². The molecular formula is C24H23IN2O3. The number of anilines is 1. The van der Waals surface area contributed by atoms with Crippen molar-refractivity contribution in [1.29, 1.82) is 0 Å². The third-order valence-electron chi connectivity index (χ3n) is 4.62. The standard InChI is InChI=1S/C24H23IN2O3/c1-2-30-22(28)15-21(16-9-5-3-6-10-16)27-24(29)19-13-18(25)14-20(26)23(19)17-11-7-4-8-12-17/h3-14,21H,2,15,26H2,1H3,(H,27,29). The molecule has 0 aliphatic rings. The van der Waals surface area contributed by atoms with Crippen molar-refractivity contribution in [3.63, 3.8) is 0 Å². The van der Waals surface area contributed by atoms with Crippen LogP contribution in [0, 0.1) is 3.57 Å². The van der Waals surface area contributed by atoms with Crippen molar-refractivity contribution in [3.05, 3.63) is 87.5 Å². The quantitative estimate of drug-likeness (QED) is 0.265. The van der Waals surface area contributed by atoms with Crippen molar-refractivity contribution in [1.82, 2.24) is 5.32 Å². The van der Waals surface area contributed by atoms with E-state index in [-0.39, 0.29) is 18.3 Å². The summed E-state index contributed by atoms with van der Waals surface area (Å²) < 4.78 is 5.96. The van der Waals surface area contributed by atoms with Gasteiger partial charge in [0.05, 0.1) is 24.6 Å². The van der Waals surface area contributed by atoms with Gasteiger partial charge in [0.25, 0.3) is 5.91 Å². The lowest BCUT2D eigenvalue weighted by Crippen LogP contribution is -2.31. The molecule has 5 nitrogen and oxygen atoms in total. The fraction of sp³-hybridized carbons (Fsp3) is 0.167. The van der Waals surface area contributed by atoms with Crippen LogP contribution in [0.15, 0.2) is 72.8 Å². The number of nitrogen functional groups attached to an aromatic ring is 1. The second kappa shape index (κ2) is 10.2. The topological polar surface area (TPSA) is 81.4 Å². The molecule has 3 rings (SSSR count). The molecule has 0 spiro atoms. The minimum atomic E-state index is -0.513. The van der Waals surface area contributed by atoms with Gasteiger partial charge in [0.1, 0.15) is 0 Å². The predicted molar refractivity (Wildman–Crippen MR) is 127 cm³/mol. The number of carbonyl (C=O) groups is 2. The van der Waals surface area contributed by atoms with Crippen LogP contribution in [0.2, 0.25) is 0 Å². The smallest absolute Gasteiger partial charge is 0.308 e. The van der Waals surface area contributed by atoms with Crippen molar-refractivity contribution in [2.24, 2.45) is 0 Å². The van der Waals surface area contributed by atoms with Crippen molar-refractivity contribution in [2.45, 2.75) is 19.4 Å². The molecule has 3 N–H and O–H groups in total. The number of nitrogens with one attached hydrogen (secondary N) is 1. The van der Waals surface area contributed by atoms with Crippen LogP contribution in [-0.4, -0.2) is 18.5 Å². The highest BCUT2D eigenvalue weighted by molar-refractivity contribution is 14.1. The van der Waals surface area contributed by atoms with Gasteiger partial charge in [-0.1, -0.05) is 60.7 Å². The van der Waals surface area contributed by atoms with E-state index in [1.54, 1.807) is 13.0 Å². The zero-order valence-electron chi connectivity index (χ0n) is 16.6. The Labute approximate surface area is 189 Å². The number of hydrogen-bond donors (Lipinski definition) is 2. The van der Waals surface area contributed by atoms with Gasteiger partial charge in [-0.15, -0.1) is 0 Å². The highest BCUT2D eigenvalue weighted by Gasteiger charge is 2.23. The molecule has 6 heteroatoms. The summed E-state index contributed by atoms with van der Waals surface area (Å²) in [4.78, 5) is 25.5. The zero-order valence-corrected chi connectivity index (χ0v) is 18.8. The van der Waals surface area contributed by atoms with Crippen molar-refractivity contribution in [2.75, 3.05) is 12.3 Å². The maximum Gasteiger partial charge on any atom is 0.308 e. The van der Waals surface area contributed by atoms with E-state index >= 15 is 0 Å². The van der Waals surface area contributed by atoms with E-state index in [1.807, 2.05) is 66.7 Å². The Hall–Kier alpha value is -2.87. The number of rotatable bonds is 7. The molecular weight excluding hydrogens is 491 g/mol. The SMILES string of the molecule is CCOC(=O)CC(NC(=O)c1cc(I)cc(N)c1-c1ccccc1)c1ccccc1. The molecule has 1 amide bonds. The van der Waals surface area contributed by atoms with Crippen molar-refractivity contribution >= 4 is 40.2 Å². The van der Waals surface area contributed by atoms with Gasteiger partial charge in [-0.05, 0) is 52.8 Å². The van der Waals surface area contributed by atoms with E-state index in [2.05, 4.69) is 27.9 Å². The fourth-order valence-electron chi connectivity index (χ4n) is 3.29. The highest BCUT2D eigenvalue weighted by Crippen LogP contribution is 2.32. The van der Waals surface area contributed by atoms with Crippen LogP contribution in [0.5, 0.6) is 0 Å². The third-order valence-corrected chi connectivity index (χ3v) is 5.25. The molecule has 0 saturated heterocycles. The Balaban J connectivity index is 1.97. The average molecular weight is 514 g/mol. The minimum Gasteiger partial charge on any atom is -0.466 e. The molecule has 0 saturated carbocycles. The molecule has 0 bridgehead atoms. The van der Waals surface area contributed by atoms with Gasteiger partial charge in [-0.25, -0.2) is 0 Å². The van der Waals surface area contributed by atoms with E-state index in [0.717, 1.165) is 14.7 Å². The summed E-state index contributed by atoms with van der Waals surface area (Å²) in [6.07, 6.45) is 0.0453. The number of carbonyl (C=O) groups excluding carboxylic acids is 2. The number of ether oxygens (including phenoxy) is 1. The number of nitrogens with two attached hydrogens (primary N) is 1. The highest BCUT2D eigenvalue weighted by atomic mass is 127. The van der Waals surface area contributed by atoms with Crippen molar-refractivity contribution in [3.8, 4) is 11.1 Å². The van der Waals surface area contributed by atoms with Gasteiger partial charge < -0.3 is 15.8 Å². The molecule has 0 heterocycles. The van der Waals surface area contributed by atoms with Crippen LogP contribution < -0.4 is 11.1 Å². The lowest BCUT2D eigenvalue weighted by molar-refractivity contribution is -0.143. The van der Waals surface area contributed by atoms with Crippen LogP contribution in [0.4, 0.5) is 5.69 Å². The monoisotopic (exact) mass is 514 g/mol. The fourth-order valence-corrected chi connectivity index (χ4v) is 3.94. The maximum absolute atomic E-state index is 13.3. The molecule has 0 fully saturated rings. The first kappa shape index (κ1) is 21.8. The molecule has 154 valence electrons. The molecule has 0 aliphatic heterocycles. The molecule has 0 aliphatic carbocycles. The van der Waals surface area contributed by atoms with Gasteiger partial charge >= 0.3 is 5.97 Å². The maximum atomic E-state index is 13.3. The van der Waals surface area contributed by atoms with Gasteiger partial charge in [0, 0.05) is 14.8 Å². The van der Waals surface area contributed by atoms with Crippen LogP contribution >= 0.6 is 22.6 Å². The summed E-state index contributed by atoms with van der Waals surface area (Å²) in [5.74, 6) is -0.658. The van der Waals surface area contributed by atoms with Crippen molar-refractivity contribution < 1.29 is 14.3 Å². The van der Waals surface area contributed by atoms with Gasteiger partial charge in [-0.2, -0.15) is 0 Å². The summed E-state index contributed by atoms with van der Waals surface area (Å²) in [5.41, 5.74) is 9.66. The second-order valence-electron chi connectivity index (χ2n) is 6.73. The van der Waals surface area contributed by atoms with E-state index in [9.17, 15) is 9.59 Å². The number of hydrogen-bond acceptors (Lipinski definition) is 4. The summed E-state index contributed by atoms with van der Waals surface area (Å²) in [5, 5.41) is 3.00. The molecule has 3 aromatic rings. The van der Waals surface area contributed by atoms with Gasteiger partial charge in [-0.3, -0.25) is 9.59 Å². The first-order chi connectivity index (χ1) is 14.5. The Kier molecular flexibility index (Phi) is 7.46. The Morgan fingerprint density at radius 2 is 1.67 bits per heavy atom. The summed E-state index contributed by atoms with van der Waals surface area (Å²) in [6.45, 7) is 2.05. The first-order valence-electron chi connectivity index (χ1n) is 9.65. The Morgan fingerprint density at radius 1 is 1.03 bits per heavy atom. The van der Waals surface area contributed by atoms with E-state index in [1.165, 1.54) is 0 Å². The zero-order chi connectivity index (χ0) is 21.5. The largest absolute Gasteiger partial charge is 0.466 e. The Bertz CT molecular complexity index is 1020. The molecule has 1 unspecified atom stereocenters. The molecule has 0 radical (unpaired) electrons. The normalized spacial score (nSPS) is 11.5. The van der Waals surface area contributed by atoms with E-state index in [0.29, 0.717) is 23.4 Å². The Morgan fingerprint density at radius 3 is 2.30 bits per heavy atom. The van der Waals surface area contributed by atoms with Crippen LogP contribution in [-0.2, 0) is 9.53 Å². The van der Waals surface area contributed by atoms with E-state index in [4.69, 9.17) is 10.5 Å². The van der Waals surface area contributed by atoms with Crippen LogP contribution in [0.1, 0.15) is 35.3 Å². The summed E-state index contributed by atoms with van der Waals surface area (Å²) in [7, 11) is 0. The number of halogens is 1. The minimum absolute atomic E-state index is 0.0453. The lowest BCUT2D eigenvalue weighted by Gasteiger charge is -2.20.